The van der Waals surface area contributed by atoms with Crippen molar-refractivity contribution in [3.05, 3.63) is 71.4 Å². The summed E-state index contributed by atoms with van der Waals surface area (Å²) < 4.78 is 71.1. The Balaban J connectivity index is 1.84. The molecule has 36 heavy (non-hydrogen) atoms. The largest absolute Gasteiger partial charge is 0.497 e. The van der Waals surface area contributed by atoms with Crippen LogP contribution in [0.1, 0.15) is 43.1 Å². The van der Waals surface area contributed by atoms with E-state index in [1.807, 2.05) is 6.07 Å². The summed E-state index contributed by atoms with van der Waals surface area (Å²) in [6.07, 6.45) is -2.70. The third-order valence-corrected chi connectivity index (χ3v) is 5.39. The van der Waals surface area contributed by atoms with Crippen LogP contribution in [-0.4, -0.2) is 35.8 Å². The smallest absolute Gasteiger partial charge is 0.397 e. The van der Waals surface area contributed by atoms with Crippen LogP contribution in [0.4, 0.5) is 17.6 Å². The summed E-state index contributed by atoms with van der Waals surface area (Å²) in [5, 5.41) is 0. The summed E-state index contributed by atoms with van der Waals surface area (Å²) in [7, 11) is 1.37. The molecule has 10 heteroatoms. The topological polar surface area (TPSA) is 70.5 Å². The number of aryl methyl sites for hydroxylation is 1. The first-order valence-electron chi connectivity index (χ1n) is 11.3. The van der Waals surface area contributed by atoms with E-state index >= 15 is 0 Å². The molecule has 1 unspecified atom stereocenters. The zero-order chi connectivity index (χ0) is 26.3. The molecule has 6 nitrogen and oxygen atoms in total. The first-order valence-corrected chi connectivity index (χ1v) is 11.3. The van der Waals surface area contributed by atoms with Crippen LogP contribution >= 0.6 is 0 Å². The van der Waals surface area contributed by atoms with Crippen LogP contribution in [-0.2, 0) is 22.6 Å². The Morgan fingerprint density at radius 1 is 1.11 bits per heavy atom. The number of methoxy groups -OCH3 is 1. The molecule has 0 aliphatic carbocycles. The molecule has 3 rings (SSSR count). The van der Waals surface area contributed by atoms with Crippen LogP contribution in [0.2, 0.25) is 0 Å². The summed E-state index contributed by atoms with van der Waals surface area (Å²) in [5.74, 6) is -2.33. The van der Waals surface area contributed by atoms with Crippen molar-refractivity contribution in [2.45, 2.75) is 45.4 Å². The first-order chi connectivity index (χ1) is 17.1. The average molecular weight is 506 g/mol. The molecule has 0 radical (unpaired) electrons. The number of benzene rings is 2. The average Bonchev–Trinajstić information content (AvgIpc) is 2.86. The summed E-state index contributed by atoms with van der Waals surface area (Å²) >= 11 is 0. The summed E-state index contributed by atoms with van der Waals surface area (Å²) in [5.41, 5.74) is 0.196. The van der Waals surface area contributed by atoms with Gasteiger partial charge < -0.3 is 14.2 Å². The van der Waals surface area contributed by atoms with E-state index in [1.165, 1.54) is 25.4 Å². The van der Waals surface area contributed by atoms with Gasteiger partial charge in [-0.3, -0.25) is 9.78 Å². The van der Waals surface area contributed by atoms with Gasteiger partial charge in [-0.05, 0) is 56.2 Å². The minimum absolute atomic E-state index is 0.144. The van der Waals surface area contributed by atoms with Crippen molar-refractivity contribution in [1.29, 1.82) is 0 Å². The zero-order valence-electron chi connectivity index (χ0n) is 20.1. The van der Waals surface area contributed by atoms with Crippen LogP contribution in [0.25, 0.3) is 11.3 Å². The standard InChI is InChI=1S/C26H26F4N2O4/c1-4-35-23(33)11-8-17-6-5-7-20(12-17)36-15-18-14-31-25(24(32-18)16(2)26(28,29)30)21-13-19(34-3)9-10-22(21)27/h5-7,9-10,12-14,16H,4,8,11,15H2,1-3H3. The van der Waals surface area contributed by atoms with Gasteiger partial charge in [0.05, 0.1) is 42.9 Å². The highest BCUT2D eigenvalue weighted by atomic mass is 19.4. The fourth-order valence-corrected chi connectivity index (χ4v) is 3.42. The van der Waals surface area contributed by atoms with Crippen molar-refractivity contribution in [3.63, 3.8) is 0 Å². The predicted octanol–water partition coefficient (Wildman–Crippen LogP) is 6.03. The highest BCUT2D eigenvalue weighted by Crippen LogP contribution is 2.38. The van der Waals surface area contributed by atoms with Crippen molar-refractivity contribution in [2.75, 3.05) is 13.7 Å². The molecule has 192 valence electrons. The number of aromatic nitrogens is 2. The van der Waals surface area contributed by atoms with E-state index in [9.17, 15) is 22.4 Å². The van der Waals surface area contributed by atoms with Crippen LogP contribution in [0.3, 0.4) is 0 Å². The van der Waals surface area contributed by atoms with E-state index in [1.54, 1.807) is 25.1 Å². The fraction of sp³-hybridized carbons (Fsp3) is 0.346. The van der Waals surface area contributed by atoms with E-state index in [0.29, 0.717) is 18.8 Å². The van der Waals surface area contributed by atoms with E-state index in [-0.39, 0.29) is 41.7 Å². The number of hydrogen-bond donors (Lipinski definition) is 0. The molecule has 3 aromatic rings. The van der Waals surface area contributed by atoms with Crippen molar-refractivity contribution in [1.82, 2.24) is 9.97 Å². The van der Waals surface area contributed by atoms with Gasteiger partial charge in [-0.15, -0.1) is 0 Å². The maximum absolute atomic E-state index is 14.5. The number of carbonyl (C=O) groups excluding carboxylic acids is 1. The second-order valence-corrected chi connectivity index (χ2v) is 7.95. The number of halogens is 4. The number of hydrogen-bond acceptors (Lipinski definition) is 6. The molecule has 1 heterocycles. The van der Waals surface area contributed by atoms with Crippen molar-refractivity contribution < 1.29 is 36.6 Å². The van der Waals surface area contributed by atoms with Gasteiger partial charge in [-0.2, -0.15) is 13.2 Å². The highest BCUT2D eigenvalue weighted by molar-refractivity contribution is 5.69. The van der Waals surface area contributed by atoms with Crippen LogP contribution in [0.5, 0.6) is 11.5 Å². The molecule has 2 aromatic carbocycles. The Hall–Kier alpha value is -3.69. The molecule has 0 aliphatic heterocycles. The molecule has 1 atom stereocenters. The van der Waals surface area contributed by atoms with Gasteiger partial charge in [0.1, 0.15) is 23.9 Å². The SMILES string of the molecule is CCOC(=O)CCc1cccc(OCc2cnc(-c3cc(OC)ccc3F)c(C(C)C(F)(F)F)n2)c1. The van der Waals surface area contributed by atoms with Crippen LogP contribution in [0.15, 0.2) is 48.7 Å². The second kappa shape index (κ2) is 11.8. The van der Waals surface area contributed by atoms with Gasteiger partial charge in [0.15, 0.2) is 0 Å². The lowest BCUT2D eigenvalue weighted by atomic mass is 9.99. The number of carbonyl (C=O) groups is 1. The Kier molecular flexibility index (Phi) is 8.84. The maximum atomic E-state index is 14.5. The molecule has 0 saturated heterocycles. The number of esters is 1. The molecule has 0 bridgehead atoms. The lowest BCUT2D eigenvalue weighted by Crippen LogP contribution is -2.21. The number of alkyl halides is 3. The molecular weight excluding hydrogens is 480 g/mol. The second-order valence-electron chi connectivity index (χ2n) is 7.95. The molecule has 0 saturated carbocycles. The van der Waals surface area contributed by atoms with Crippen molar-refractivity contribution in [2.24, 2.45) is 0 Å². The summed E-state index contributed by atoms with van der Waals surface area (Å²) in [6, 6.07) is 10.7. The molecule has 0 fully saturated rings. The van der Waals surface area contributed by atoms with Crippen LogP contribution in [0, 0.1) is 5.82 Å². The van der Waals surface area contributed by atoms with E-state index in [0.717, 1.165) is 18.6 Å². The maximum Gasteiger partial charge on any atom is 0.397 e. The third kappa shape index (κ3) is 6.93. The lowest BCUT2D eigenvalue weighted by Gasteiger charge is -2.19. The molecule has 1 aromatic heterocycles. The fourth-order valence-electron chi connectivity index (χ4n) is 3.42. The highest BCUT2D eigenvalue weighted by Gasteiger charge is 2.40. The first kappa shape index (κ1) is 26.9. The van der Waals surface area contributed by atoms with Crippen molar-refractivity contribution in [3.8, 4) is 22.8 Å². The lowest BCUT2D eigenvalue weighted by molar-refractivity contribution is -0.147. The Morgan fingerprint density at radius 2 is 1.89 bits per heavy atom. The Labute approximate surface area is 206 Å². The van der Waals surface area contributed by atoms with E-state index in [4.69, 9.17) is 14.2 Å². The van der Waals surface area contributed by atoms with Gasteiger partial charge >= 0.3 is 12.1 Å². The minimum atomic E-state index is -4.62. The third-order valence-electron chi connectivity index (χ3n) is 5.39. The van der Waals surface area contributed by atoms with Crippen LogP contribution < -0.4 is 9.47 Å². The molecule has 0 amide bonds. The Morgan fingerprint density at radius 3 is 2.58 bits per heavy atom. The van der Waals surface area contributed by atoms with Gasteiger partial charge in [0.25, 0.3) is 0 Å². The normalized spacial score (nSPS) is 12.2. The summed E-state index contributed by atoms with van der Waals surface area (Å²) in [4.78, 5) is 19.9. The van der Waals surface area contributed by atoms with Gasteiger partial charge in [-0.1, -0.05) is 12.1 Å². The van der Waals surface area contributed by atoms with Gasteiger partial charge in [-0.25, -0.2) is 9.37 Å². The predicted molar refractivity (Wildman–Crippen MR) is 124 cm³/mol. The monoisotopic (exact) mass is 506 g/mol. The van der Waals surface area contributed by atoms with Crippen molar-refractivity contribution >= 4 is 5.97 Å². The molecular formula is C26H26F4N2O4. The quantitative estimate of drug-likeness (QED) is 0.247. The zero-order valence-corrected chi connectivity index (χ0v) is 20.1. The van der Waals surface area contributed by atoms with Gasteiger partial charge in [0, 0.05) is 12.0 Å². The Bertz CT molecular complexity index is 1200. The number of rotatable bonds is 10. The van der Waals surface area contributed by atoms with E-state index < -0.39 is 23.6 Å². The summed E-state index contributed by atoms with van der Waals surface area (Å²) in [6.45, 7) is 2.83. The minimum Gasteiger partial charge on any atom is -0.497 e. The van der Waals surface area contributed by atoms with E-state index in [2.05, 4.69) is 9.97 Å². The molecule has 0 N–H and O–H groups in total. The van der Waals surface area contributed by atoms with Gasteiger partial charge in [0.2, 0.25) is 0 Å². The molecule has 0 spiro atoms. The molecule has 0 aliphatic rings. The number of nitrogens with zero attached hydrogens (tertiary/aromatic N) is 2. The number of ether oxygens (including phenoxy) is 3.